The van der Waals surface area contributed by atoms with Gasteiger partial charge in [-0.25, -0.2) is 4.98 Å². The lowest BCUT2D eigenvalue weighted by atomic mass is 10.2. The summed E-state index contributed by atoms with van der Waals surface area (Å²) in [5.41, 5.74) is 0. The highest BCUT2D eigenvalue weighted by Crippen LogP contribution is 2.12. The number of hydrogen-bond acceptors (Lipinski definition) is 3. The first kappa shape index (κ1) is 14.1. The average molecular weight is 278 g/mol. The van der Waals surface area contributed by atoms with Crippen molar-refractivity contribution in [3.63, 3.8) is 0 Å². The summed E-state index contributed by atoms with van der Waals surface area (Å²) < 4.78 is 0. The predicted molar refractivity (Wildman–Crippen MR) is 83.5 cm³/mol. The van der Waals surface area contributed by atoms with Crippen LogP contribution in [0.25, 0.3) is 0 Å². The zero-order chi connectivity index (χ0) is 13.7. The topological polar surface area (TPSA) is 31.4 Å². The first-order chi connectivity index (χ1) is 9.20. The fraction of sp³-hybridized carbons (Fsp3) is 0.571. The van der Waals surface area contributed by atoms with Gasteiger partial charge in [0.25, 0.3) is 0 Å². The van der Waals surface area contributed by atoms with E-state index in [-0.39, 0.29) is 0 Å². The first-order valence-electron chi connectivity index (χ1n) is 6.92. The number of nitrogens with one attached hydrogen (secondary N) is 1. The molecule has 2 rings (SSSR count). The van der Waals surface area contributed by atoms with Crippen LogP contribution < -0.4 is 10.2 Å². The fourth-order valence-electron chi connectivity index (χ4n) is 2.08. The van der Waals surface area contributed by atoms with Gasteiger partial charge in [0, 0.05) is 38.4 Å². The van der Waals surface area contributed by atoms with Gasteiger partial charge in [-0.2, -0.15) is 0 Å². The lowest BCUT2D eigenvalue weighted by molar-refractivity contribution is 0.374. The second-order valence-corrected chi connectivity index (χ2v) is 5.31. The van der Waals surface area contributed by atoms with Gasteiger partial charge in [-0.1, -0.05) is 13.0 Å². The van der Waals surface area contributed by atoms with Gasteiger partial charge in [0.1, 0.15) is 5.82 Å². The minimum absolute atomic E-state index is 0.446. The van der Waals surface area contributed by atoms with Crippen molar-refractivity contribution in [2.75, 3.05) is 31.1 Å². The summed E-state index contributed by atoms with van der Waals surface area (Å²) in [5, 5.41) is 4.26. The molecule has 4 nitrogen and oxygen atoms in total. The molecule has 0 aliphatic carbocycles. The molecule has 5 heteroatoms. The van der Waals surface area contributed by atoms with Crippen LogP contribution in [0.1, 0.15) is 20.3 Å². The molecule has 1 fully saturated rings. The van der Waals surface area contributed by atoms with Gasteiger partial charge >= 0.3 is 0 Å². The van der Waals surface area contributed by atoms with Crippen LogP contribution in [0.4, 0.5) is 5.82 Å². The van der Waals surface area contributed by atoms with E-state index in [4.69, 9.17) is 12.2 Å². The highest BCUT2D eigenvalue weighted by Gasteiger charge is 2.20. The van der Waals surface area contributed by atoms with E-state index in [1.54, 1.807) is 0 Å². The molecule has 1 saturated heterocycles. The van der Waals surface area contributed by atoms with Crippen LogP contribution in [-0.4, -0.2) is 47.2 Å². The van der Waals surface area contributed by atoms with Crippen molar-refractivity contribution in [1.82, 2.24) is 15.2 Å². The summed E-state index contributed by atoms with van der Waals surface area (Å²) >= 11 is 5.45. The minimum atomic E-state index is 0.446. The molecule has 1 atom stereocenters. The zero-order valence-corrected chi connectivity index (χ0v) is 12.5. The predicted octanol–water partition coefficient (Wildman–Crippen LogP) is 1.88. The quantitative estimate of drug-likeness (QED) is 0.853. The molecule has 0 spiro atoms. The van der Waals surface area contributed by atoms with Crippen molar-refractivity contribution in [3.05, 3.63) is 24.4 Å². The number of rotatable bonds is 3. The molecule has 1 aliphatic heterocycles. The molecule has 1 aromatic heterocycles. The highest BCUT2D eigenvalue weighted by molar-refractivity contribution is 7.80. The van der Waals surface area contributed by atoms with E-state index in [2.05, 4.69) is 40.0 Å². The van der Waals surface area contributed by atoms with Gasteiger partial charge in [-0.3, -0.25) is 0 Å². The number of nitrogens with zero attached hydrogens (tertiary/aromatic N) is 3. The van der Waals surface area contributed by atoms with Crippen molar-refractivity contribution in [2.24, 2.45) is 0 Å². The fourth-order valence-corrected chi connectivity index (χ4v) is 2.47. The lowest BCUT2D eigenvalue weighted by Crippen LogP contribution is -2.53. The summed E-state index contributed by atoms with van der Waals surface area (Å²) in [5.74, 6) is 1.06. The molecule has 1 N–H and O–H groups in total. The van der Waals surface area contributed by atoms with Crippen LogP contribution in [-0.2, 0) is 0 Å². The lowest BCUT2D eigenvalue weighted by Gasteiger charge is -2.37. The van der Waals surface area contributed by atoms with Crippen molar-refractivity contribution in [1.29, 1.82) is 0 Å². The van der Waals surface area contributed by atoms with E-state index >= 15 is 0 Å². The van der Waals surface area contributed by atoms with Gasteiger partial charge in [0.05, 0.1) is 0 Å². The average Bonchev–Trinajstić information content (AvgIpc) is 2.48. The van der Waals surface area contributed by atoms with E-state index in [0.29, 0.717) is 6.04 Å². The number of pyridine rings is 1. The molecule has 1 aromatic rings. The highest BCUT2D eigenvalue weighted by atomic mass is 32.1. The second-order valence-electron chi connectivity index (χ2n) is 4.92. The molecular weight excluding hydrogens is 256 g/mol. The molecule has 2 heterocycles. The van der Waals surface area contributed by atoms with Gasteiger partial charge in [0.2, 0.25) is 0 Å². The Bertz CT molecular complexity index is 401. The van der Waals surface area contributed by atoms with E-state index in [9.17, 15) is 0 Å². The Labute approximate surface area is 120 Å². The summed E-state index contributed by atoms with van der Waals surface area (Å²) in [6.07, 6.45) is 2.94. The van der Waals surface area contributed by atoms with Crippen LogP contribution in [0.5, 0.6) is 0 Å². The monoisotopic (exact) mass is 278 g/mol. The molecule has 1 aliphatic rings. The summed E-state index contributed by atoms with van der Waals surface area (Å²) in [7, 11) is 0. The summed E-state index contributed by atoms with van der Waals surface area (Å²) in [6, 6.07) is 6.49. The molecule has 0 radical (unpaired) electrons. The maximum Gasteiger partial charge on any atom is 0.169 e. The number of aromatic nitrogens is 1. The summed E-state index contributed by atoms with van der Waals surface area (Å²) in [4.78, 5) is 8.95. The number of hydrogen-bond donors (Lipinski definition) is 1. The zero-order valence-electron chi connectivity index (χ0n) is 11.7. The Morgan fingerprint density at radius 1 is 1.37 bits per heavy atom. The minimum Gasteiger partial charge on any atom is -0.360 e. The Morgan fingerprint density at radius 3 is 2.68 bits per heavy atom. The standard InChI is InChI=1S/C14H22N4S/c1-3-12(2)16-14(19)18-10-8-17(9-11-18)13-6-4-5-7-15-13/h4-7,12H,3,8-11H2,1-2H3,(H,16,19)/t12-/m0/s1. The van der Waals surface area contributed by atoms with Gasteiger partial charge in [-0.05, 0) is 37.7 Å². The van der Waals surface area contributed by atoms with Crippen LogP contribution in [0.3, 0.4) is 0 Å². The largest absolute Gasteiger partial charge is 0.360 e. The SMILES string of the molecule is CC[C@H](C)NC(=S)N1CCN(c2ccccn2)CC1. The Kier molecular flexibility index (Phi) is 4.96. The van der Waals surface area contributed by atoms with Crippen molar-refractivity contribution >= 4 is 23.1 Å². The molecule has 0 bridgehead atoms. The first-order valence-corrected chi connectivity index (χ1v) is 7.33. The van der Waals surface area contributed by atoms with Gasteiger partial charge in [-0.15, -0.1) is 0 Å². The third kappa shape index (κ3) is 3.80. The molecule has 0 saturated carbocycles. The van der Waals surface area contributed by atoms with Crippen LogP contribution >= 0.6 is 12.2 Å². The molecule has 19 heavy (non-hydrogen) atoms. The third-order valence-corrected chi connectivity index (χ3v) is 3.90. The van der Waals surface area contributed by atoms with Crippen molar-refractivity contribution in [2.45, 2.75) is 26.3 Å². The van der Waals surface area contributed by atoms with Gasteiger partial charge in [0.15, 0.2) is 5.11 Å². The smallest absolute Gasteiger partial charge is 0.169 e. The van der Waals surface area contributed by atoms with E-state index < -0.39 is 0 Å². The van der Waals surface area contributed by atoms with Crippen molar-refractivity contribution < 1.29 is 0 Å². The third-order valence-electron chi connectivity index (χ3n) is 3.52. The molecule has 0 aromatic carbocycles. The normalized spacial score (nSPS) is 17.2. The Morgan fingerprint density at radius 2 is 2.11 bits per heavy atom. The maximum absolute atomic E-state index is 5.45. The van der Waals surface area contributed by atoms with Crippen LogP contribution in [0, 0.1) is 0 Å². The van der Waals surface area contributed by atoms with E-state index in [1.165, 1.54) is 0 Å². The Hall–Kier alpha value is -1.36. The van der Waals surface area contributed by atoms with E-state index in [1.807, 2.05) is 18.3 Å². The van der Waals surface area contributed by atoms with Gasteiger partial charge < -0.3 is 15.1 Å². The number of thiocarbonyl (C=S) groups is 1. The van der Waals surface area contributed by atoms with Crippen LogP contribution in [0.2, 0.25) is 0 Å². The Balaban J connectivity index is 1.84. The molecular formula is C14H22N4S. The maximum atomic E-state index is 5.45. The molecule has 104 valence electrons. The number of piperazine rings is 1. The molecule has 0 unspecified atom stereocenters. The second kappa shape index (κ2) is 6.70. The number of anilines is 1. The van der Waals surface area contributed by atoms with E-state index in [0.717, 1.165) is 43.5 Å². The van der Waals surface area contributed by atoms with Crippen LogP contribution in [0.15, 0.2) is 24.4 Å². The molecule has 0 amide bonds. The summed E-state index contributed by atoms with van der Waals surface area (Å²) in [6.45, 7) is 8.19. The van der Waals surface area contributed by atoms with Crippen molar-refractivity contribution in [3.8, 4) is 0 Å².